The van der Waals surface area contributed by atoms with E-state index in [1.807, 2.05) is 11.3 Å². The number of rotatable bonds is 7. The van der Waals surface area contributed by atoms with Crippen molar-refractivity contribution in [3.8, 4) is 0 Å². The number of allylic oxidation sites excluding steroid dienone is 10. The van der Waals surface area contributed by atoms with Gasteiger partial charge in [-0.2, -0.15) is 0 Å². The smallest absolute Gasteiger partial charge is 0.0467 e. The largest absolute Gasteiger partial charge is 0.355 e. The maximum atomic E-state index is 3.91. The van der Waals surface area contributed by atoms with E-state index >= 15 is 0 Å². The molecular formula is C48H43N3S. The molecule has 0 amide bonds. The molecule has 2 N–H and O–H groups in total. The van der Waals surface area contributed by atoms with Gasteiger partial charge in [-0.3, -0.25) is 0 Å². The van der Waals surface area contributed by atoms with Crippen molar-refractivity contribution in [2.45, 2.75) is 64.2 Å². The summed E-state index contributed by atoms with van der Waals surface area (Å²) in [7, 11) is 0. The first-order chi connectivity index (χ1) is 25.8. The molecule has 0 saturated heterocycles. The van der Waals surface area contributed by atoms with Crippen molar-refractivity contribution in [1.29, 1.82) is 0 Å². The highest BCUT2D eigenvalue weighted by Crippen LogP contribution is 2.43. The fraction of sp³-hybridized carbons (Fsp3) is 0.208. The summed E-state index contributed by atoms with van der Waals surface area (Å²) in [6.45, 7) is 0. The highest BCUT2D eigenvalue weighted by Gasteiger charge is 2.26. The third-order valence-corrected chi connectivity index (χ3v) is 12.7. The molecule has 52 heavy (non-hydrogen) atoms. The summed E-state index contributed by atoms with van der Waals surface area (Å²) in [5.74, 6) is 0. The van der Waals surface area contributed by atoms with Crippen LogP contribution in [0.3, 0.4) is 0 Å². The highest BCUT2D eigenvalue weighted by atomic mass is 32.1. The van der Waals surface area contributed by atoms with Crippen molar-refractivity contribution in [3.05, 3.63) is 170 Å². The fourth-order valence-corrected chi connectivity index (χ4v) is 10.2. The number of para-hydroxylation sites is 2. The lowest BCUT2D eigenvalue weighted by Gasteiger charge is -2.33. The summed E-state index contributed by atoms with van der Waals surface area (Å²) in [5.41, 5.74) is 18.6. The zero-order valence-electron chi connectivity index (χ0n) is 29.6. The fourth-order valence-electron chi connectivity index (χ4n) is 8.92. The maximum Gasteiger partial charge on any atom is 0.0467 e. The van der Waals surface area contributed by atoms with Crippen LogP contribution >= 0.6 is 11.3 Å². The molecule has 0 saturated carbocycles. The second-order valence-electron chi connectivity index (χ2n) is 14.6. The molecule has 2 aromatic heterocycles. The van der Waals surface area contributed by atoms with Gasteiger partial charge in [0.1, 0.15) is 0 Å². The van der Waals surface area contributed by atoms with E-state index in [0.29, 0.717) is 0 Å². The van der Waals surface area contributed by atoms with Gasteiger partial charge in [-0.25, -0.2) is 0 Å². The minimum absolute atomic E-state index is 1.00. The monoisotopic (exact) mass is 693 g/mol. The van der Waals surface area contributed by atoms with Gasteiger partial charge in [-0.15, -0.1) is 11.3 Å². The van der Waals surface area contributed by atoms with Crippen LogP contribution in [0.1, 0.15) is 88.2 Å². The van der Waals surface area contributed by atoms with E-state index in [-0.39, 0.29) is 0 Å². The van der Waals surface area contributed by atoms with Gasteiger partial charge in [0, 0.05) is 60.4 Å². The van der Waals surface area contributed by atoms with Crippen molar-refractivity contribution >= 4 is 63.0 Å². The molecule has 0 aliphatic heterocycles. The molecule has 0 bridgehead atoms. The molecule has 10 rings (SSSR count). The number of nitrogens with one attached hydrogen (secondary N) is 2. The molecule has 0 unspecified atom stereocenters. The molecule has 4 heteroatoms. The molecular weight excluding hydrogens is 651 g/mol. The molecule has 5 aliphatic carbocycles. The first-order valence-corrected chi connectivity index (χ1v) is 19.9. The molecule has 0 atom stereocenters. The molecule has 0 spiro atoms. The molecule has 3 nitrogen and oxygen atoms in total. The van der Waals surface area contributed by atoms with E-state index in [2.05, 4.69) is 143 Å². The van der Waals surface area contributed by atoms with Gasteiger partial charge in [0.25, 0.3) is 0 Å². The normalized spacial score (nSPS) is 17.7. The number of anilines is 2. The lowest BCUT2D eigenvalue weighted by Crippen LogP contribution is -2.25. The Labute approximate surface area is 310 Å². The topological polar surface area (TPSA) is 31.1 Å². The Bertz CT molecular complexity index is 2440. The molecule has 2 heterocycles. The second kappa shape index (κ2) is 13.3. The van der Waals surface area contributed by atoms with E-state index < -0.39 is 0 Å². The first-order valence-electron chi connectivity index (χ1n) is 19.1. The predicted octanol–water partition coefficient (Wildman–Crippen LogP) is 12.9. The average molecular weight is 694 g/mol. The number of H-pyrrole nitrogens is 1. The van der Waals surface area contributed by atoms with Crippen molar-refractivity contribution in [2.75, 3.05) is 10.2 Å². The summed E-state index contributed by atoms with van der Waals surface area (Å²) < 4.78 is 0. The predicted molar refractivity (Wildman–Crippen MR) is 223 cm³/mol. The second-order valence-corrected chi connectivity index (χ2v) is 15.8. The van der Waals surface area contributed by atoms with Crippen LogP contribution in [0.15, 0.2) is 126 Å². The van der Waals surface area contributed by atoms with Gasteiger partial charge < -0.3 is 15.2 Å². The van der Waals surface area contributed by atoms with E-state index in [4.69, 9.17) is 0 Å². The molecule has 3 aromatic carbocycles. The summed E-state index contributed by atoms with van der Waals surface area (Å²) in [4.78, 5) is 9.36. The molecule has 256 valence electrons. The van der Waals surface area contributed by atoms with Crippen LogP contribution in [-0.4, -0.2) is 4.98 Å². The third kappa shape index (κ3) is 5.66. The summed E-state index contributed by atoms with van der Waals surface area (Å²) >= 11 is 2.04. The first kappa shape index (κ1) is 31.4. The lowest BCUT2D eigenvalue weighted by atomic mass is 9.87. The number of benzene rings is 3. The number of aryl methyl sites for hydroxylation is 3. The van der Waals surface area contributed by atoms with Crippen molar-refractivity contribution < 1.29 is 0 Å². The zero-order chi connectivity index (χ0) is 34.4. The molecule has 5 aromatic rings. The summed E-state index contributed by atoms with van der Waals surface area (Å²) in [6, 6.07) is 26.6. The van der Waals surface area contributed by atoms with E-state index in [9.17, 15) is 0 Å². The molecule has 5 aliphatic rings. The Hall–Kier alpha value is -5.32. The number of thiophene rings is 1. The van der Waals surface area contributed by atoms with E-state index in [1.54, 1.807) is 9.75 Å². The Morgan fingerprint density at radius 1 is 0.615 bits per heavy atom. The maximum absolute atomic E-state index is 3.91. The molecule has 0 radical (unpaired) electrons. The van der Waals surface area contributed by atoms with Crippen LogP contribution in [0.25, 0.3) is 40.3 Å². The van der Waals surface area contributed by atoms with E-state index in [0.717, 1.165) is 63.5 Å². The summed E-state index contributed by atoms with van der Waals surface area (Å²) in [5, 5.41) is 5.32. The quantitative estimate of drug-likeness (QED) is 0.178. The Morgan fingerprint density at radius 2 is 1.42 bits per heavy atom. The number of nitrogens with zero attached hydrogens (tertiary/aromatic N) is 1. The highest BCUT2D eigenvalue weighted by molar-refractivity contribution is 7.12. The number of hydrogen-bond donors (Lipinski definition) is 2. The average Bonchev–Trinajstić information content (AvgIpc) is 3.77. The van der Waals surface area contributed by atoms with Crippen molar-refractivity contribution in [1.82, 2.24) is 4.98 Å². The summed E-state index contributed by atoms with van der Waals surface area (Å²) in [6.07, 6.45) is 32.2. The van der Waals surface area contributed by atoms with Crippen molar-refractivity contribution in [2.24, 2.45) is 0 Å². The third-order valence-electron chi connectivity index (χ3n) is 11.3. The van der Waals surface area contributed by atoms with Crippen LogP contribution in [0.4, 0.5) is 11.4 Å². The zero-order valence-corrected chi connectivity index (χ0v) is 30.4. The van der Waals surface area contributed by atoms with Gasteiger partial charge in [0.05, 0.1) is 0 Å². The van der Waals surface area contributed by atoms with Crippen LogP contribution in [0, 0.1) is 0 Å². The van der Waals surface area contributed by atoms with E-state index in [1.165, 1.54) is 84.8 Å². The number of aromatic nitrogens is 1. The SMILES string of the molecule is C1=Cc2c(sc3c2C=C(N(C2=CC(Nc4ccccc4C4=CCCC(c5cccc6[nH]c7c(c56)CCC=C7)=C4)=CCC2)c2ccccc2)CC3)CC1. The van der Waals surface area contributed by atoms with Gasteiger partial charge >= 0.3 is 0 Å². The van der Waals surface area contributed by atoms with Gasteiger partial charge in [-0.05, 0) is 140 Å². The van der Waals surface area contributed by atoms with Gasteiger partial charge in [0.15, 0.2) is 0 Å². The lowest BCUT2D eigenvalue weighted by molar-refractivity contribution is 0.832. The number of fused-ring (bicyclic) bond motifs is 6. The Kier molecular flexibility index (Phi) is 8.06. The standard InChI is InChI=1S/C48H43N3S/c1-2-16-35(17-3-1)51(37-27-28-47-42(31-37)40-20-6-9-26-46(40)52-47)36-18-11-15-34(30-36)49-43-23-7-4-19-38(43)32-13-10-14-33(29-32)39-22-12-25-45-48(39)41-21-5-8-24-44(41)50-45/h1-4,6-8,12-13,15-17,19-20,22-25,29-31,49-50H,5,9-11,14,18,21,26-28H2. The Morgan fingerprint density at radius 3 is 2.38 bits per heavy atom. The molecule has 0 fully saturated rings. The van der Waals surface area contributed by atoms with Crippen LogP contribution in [0.5, 0.6) is 0 Å². The van der Waals surface area contributed by atoms with Crippen LogP contribution < -0.4 is 10.2 Å². The van der Waals surface area contributed by atoms with Crippen molar-refractivity contribution in [3.63, 3.8) is 0 Å². The number of hydrogen-bond acceptors (Lipinski definition) is 3. The minimum Gasteiger partial charge on any atom is -0.355 e. The Balaban J connectivity index is 0.976. The minimum atomic E-state index is 1.00. The van der Waals surface area contributed by atoms with Gasteiger partial charge in [0.2, 0.25) is 0 Å². The van der Waals surface area contributed by atoms with Crippen LogP contribution in [-0.2, 0) is 19.3 Å². The van der Waals surface area contributed by atoms with Crippen LogP contribution in [0.2, 0.25) is 0 Å². The number of aromatic amines is 1. The van der Waals surface area contributed by atoms with Gasteiger partial charge in [-0.1, -0.05) is 85.0 Å².